The second-order valence-corrected chi connectivity index (χ2v) is 9.16. The van der Waals surface area contributed by atoms with E-state index in [2.05, 4.69) is 31.1 Å². The molecule has 0 aromatic rings. The highest BCUT2D eigenvalue weighted by Gasteiger charge is 2.12. The molecule has 0 aromatic heterocycles. The van der Waals surface area contributed by atoms with Crippen molar-refractivity contribution in [3.63, 3.8) is 0 Å². The van der Waals surface area contributed by atoms with Gasteiger partial charge in [0, 0.05) is 0 Å². The number of allylic oxidation sites excluding steroid dienone is 1. The molecule has 2 atom stereocenters. The van der Waals surface area contributed by atoms with Crippen molar-refractivity contribution in [1.29, 1.82) is 0 Å². The van der Waals surface area contributed by atoms with Gasteiger partial charge in [-0.2, -0.15) is 0 Å². The normalized spacial score (nSPS) is 16.5. The zero-order valence-corrected chi connectivity index (χ0v) is 10.4. The maximum atomic E-state index is 9.41. The van der Waals surface area contributed by atoms with Crippen LogP contribution in [0.25, 0.3) is 0 Å². The summed E-state index contributed by atoms with van der Waals surface area (Å²) in [6, 6.07) is 0. The van der Waals surface area contributed by atoms with Gasteiger partial charge >= 0.3 is 0 Å². The molecule has 0 amide bonds. The summed E-state index contributed by atoms with van der Waals surface area (Å²) in [4.78, 5) is 0. The van der Waals surface area contributed by atoms with E-state index in [1.54, 1.807) is 12.2 Å². The van der Waals surface area contributed by atoms with E-state index in [0.29, 0.717) is 0 Å². The lowest BCUT2D eigenvalue weighted by atomic mass is 10.2. The lowest BCUT2D eigenvalue weighted by Crippen LogP contribution is -2.20. The molecular formula is C10H17ClOSi. The predicted octanol–water partition coefficient (Wildman–Crippen LogP) is 2.41. The van der Waals surface area contributed by atoms with Gasteiger partial charge in [-0.25, -0.2) is 0 Å². The fourth-order valence-electron chi connectivity index (χ4n) is 0.666. The van der Waals surface area contributed by atoms with Crippen LogP contribution in [-0.2, 0) is 0 Å². The summed E-state index contributed by atoms with van der Waals surface area (Å²) in [5.41, 5.74) is 3.12. The first-order valence-electron chi connectivity index (χ1n) is 4.34. The van der Waals surface area contributed by atoms with E-state index in [4.69, 9.17) is 11.6 Å². The fourth-order valence-corrected chi connectivity index (χ4v) is 1.48. The molecule has 1 N–H and O–H groups in total. The second-order valence-electron chi connectivity index (χ2n) is 3.94. The summed E-state index contributed by atoms with van der Waals surface area (Å²) in [6.45, 7) is 8.28. The number of halogens is 1. The van der Waals surface area contributed by atoms with E-state index in [-0.39, 0.29) is 0 Å². The van der Waals surface area contributed by atoms with Crippen LogP contribution >= 0.6 is 11.6 Å². The Bertz CT molecular complexity index is 232. The van der Waals surface area contributed by atoms with E-state index in [0.717, 1.165) is 0 Å². The molecule has 0 rings (SSSR count). The second kappa shape index (κ2) is 5.49. The minimum absolute atomic E-state index is 0.483. The molecular weight excluding hydrogens is 200 g/mol. The van der Waals surface area contributed by atoms with Gasteiger partial charge in [-0.3, -0.25) is 0 Å². The summed E-state index contributed by atoms with van der Waals surface area (Å²) in [6.07, 6.45) is 2.77. The van der Waals surface area contributed by atoms with Gasteiger partial charge in [0.2, 0.25) is 0 Å². The first-order chi connectivity index (χ1) is 5.87. The fraction of sp³-hybridized carbons (Fsp3) is 0.600. The van der Waals surface area contributed by atoms with Gasteiger partial charge in [0.1, 0.15) is 13.5 Å². The molecule has 0 aromatic carbocycles. The topological polar surface area (TPSA) is 20.2 Å². The number of hydrogen-bond donors (Lipinski definition) is 1. The van der Waals surface area contributed by atoms with Crippen molar-refractivity contribution in [3.05, 3.63) is 12.2 Å². The van der Waals surface area contributed by atoms with E-state index >= 15 is 0 Å². The zero-order chi connectivity index (χ0) is 10.5. The van der Waals surface area contributed by atoms with E-state index in [9.17, 15) is 5.11 Å². The van der Waals surface area contributed by atoms with Gasteiger partial charge in [-0.05, 0) is 6.92 Å². The Morgan fingerprint density at radius 1 is 1.38 bits per heavy atom. The molecule has 0 unspecified atom stereocenters. The maximum Gasteiger partial charge on any atom is 0.129 e. The zero-order valence-electron chi connectivity index (χ0n) is 8.63. The minimum atomic E-state index is -1.37. The highest BCUT2D eigenvalue weighted by molar-refractivity contribution is 6.83. The van der Waals surface area contributed by atoms with Crippen molar-refractivity contribution in [2.24, 2.45) is 0 Å². The molecule has 0 aliphatic carbocycles. The molecule has 0 fully saturated rings. The lowest BCUT2D eigenvalue weighted by molar-refractivity contribution is 0.232. The smallest absolute Gasteiger partial charge is 0.129 e. The van der Waals surface area contributed by atoms with Crippen LogP contribution < -0.4 is 0 Å². The number of aliphatic hydroxyl groups is 1. The van der Waals surface area contributed by atoms with Crippen LogP contribution in [0.4, 0.5) is 0 Å². The summed E-state index contributed by atoms with van der Waals surface area (Å²) in [5.74, 6) is 2.88. The molecule has 1 nitrogen and oxygen atoms in total. The predicted molar refractivity (Wildman–Crippen MR) is 61.6 cm³/mol. The molecule has 0 aliphatic heterocycles. The maximum absolute atomic E-state index is 9.41. The molecule has 0 radical (unpaired) electrons. The largest absolute Gasteiger partial charge is 0.386 e. The Labute approximate surface area is 86.8 Å². The summed E-state index contributed by atoms with van der Waals surface area (Å²) in [7, 11) is -1.37. The highest BCUT2D eigenvalue weighted by Crippen LogP contribution is 2.04. The number of rotatable bonds is 2. The van der Waals surface area contributed by atoms with Crippen LogP contribution in [0.2, 0.25) is 19.6 Å². The van der Waals surface area contributed by atoms with Crippen LogP contribution in [0.15, 0.2) is 12.2 Å². The average molecular weight is 217 g/mol. The van der Waals surface area contributed by atoms with Crippen molar-refractivity contribution >= 4 is 19.7 Å². The first-order valence-corrected chi connectivity index (χ1v) is 8.28. The van der Waals surface area contributed by atoms with Crippen LogP contribution in [0.3, 0.4) is 0 Å². The summed E-state index contributed by atoms with van der Waals surface area (Å²) in [5, 5.41) is 8.93. The van der Waals surface area contributed by atoms with Gasteiger partial charge < -0.3 is 5.11 Å². The molecule has 74 valence electrons. The molecule has 0 saturated carbocycles. The third-order valence-corrected chi connectivity index (χ3v) is 2.54. The number of aliphatic hydroxyl groups excluding tert-OH is 1. The molecule has 0 aliphatic rings. The highest BCUT2D eigenvalue weighted by atomic mass is 35.5. The van der Waals surface area contributed by atoms with Gasteiger partial charge in [0.05, 0.1) is 6.10 Å². The standard InChI is InChI=1S/C10H17ClOSi/c1-5-6-10(12)9(11)7-8-13(2,3)4/h5-6,9-10,12H,1-4H3/b6-5+/t9-,10-/m1/s1. The molecule has 3 heteroatoms. The molecule has 0 bridgehead atoms. The van der Waals surface area contributed by atoms with Crippen molar-refractivity contribution in [1.82, 2.24) is 0 Å². The first kappa shape index (κ1) is 12.8. The summed E-state index contributed by atoms with van der Waals surface area (Å²) >= 11 is 5.86. The molecule has 0 spiro atoms. The van der Waals surface area contributed by atoms with Gasteiger partial charge in [-0.15, -0.1) is 17.1 Å². The third kappa shape index (κ3) is 6.89. The third-order valence-electron chi connectivity index (χ3n) is 1.27. The van der Waals surface area contributed by atoms with E-state index in [1.807, 2.05) is 6.92 Å². The Balaban J connectivity index is 4.26. The van der Waals surface area contributed by atoms with Crippen LogP contribution in [-0.4, -0.2) is 24.7 Å². The number of alkyl halides is 1. The molecule has 0 heterocycles. The van der Waals surface area contributed by atoms with Crippen molar-refractivity contribution < 1.29 is 5.11 Å². The Kier molecular flexibility index (Phi) is 5.39. The molecule has 13 heavy (non-hydrogen) atoms. The molecule has 0 saturated heterocycles. The summed E-state index contributed by atoms with van der Waals surface area (Å²) < 4.78 is 0. The lowest BCUT2D eigenvalue weighted by Gasteiger charge is -2.08. The van der Waals surface area contributed by atoms with Crippen molar-refractivity contribution in [2.45, 2.75) is 38.0 Å². The van der Waals surface area contributed by atoms with Gasteiger partial charge in [0.15, 0.2) is 0 Å². The van der Waals surface area contributed by atoms with E-state index in [1.165, 1.54) is 0 Å². The average Bonchev–Trinajstić information content (AvgIpc) is 1.99. The van der Waals surface area contributed by atoms with Gasteiger partial charge in [-0.1, -0.05) is 37.7 Å². The Morgan fingerprint density at radius 2 is 1.92 bits per heavy atom. The van der Waals surface area contributed by atoms with Crippen LogP contribution in [0.5, 0.6) is 0 Å². The van der Waals surface area contributed by atoms with Crippen molar-refractivity contribution in [3.8, 4) is 11.5 Å². The van der Waals surface area contributed by atoms with E-state index < -0.39 is 19.6 Å². The SMILES string of the molecule is C/C=C/[C@@H](O)[C@H](Cl)C#C[Si](C)(C)C. The quantitative estimate of drug-likeness (QED) is 0.325. The minimum Gasteiger partial charge on any atom is -0.386 e. The van der Waals surface area contributed by atoms with Gasteiger partial charge in [0.25, 0.3) is 0 Å². The Morgan fingerprint density at radius 3 is 2.31 bits per heavy atom. The number of hydrogen-bond acceptors (Lipinski definition) is 1. The van der Waals surface area contributed by atoms with Crippen molar-refractivity contribution in [2.75, 3.05) is 0 Å². The monoisotopic (exact) mass is 216 g/mol. The van der Waals surface area contributed by atoms with Crippen LogP contribution in [0.1, 0.15) is 6.92 Å². The Hall–Kier alpha value is -0.233. The van der Waals surface area contributed by atoms with Crippen LogP contribution in [0, 0.1) is 11.5 Å².